The first-order valence-corrected chi connectivity index (χ1v) is 8.97. The lowest BCUT2D eigenvalue weighted by Crippen LogP contribution is -2.35. The summed E-state index contributed by atoms with van der Waals surface area (Å²) in [5.74, 6) is -1.48. The van der Waals surface area contributed by atoms with E-state index in [0.29, 0.717) is 5.69 Å². The van der Waals surface area contributed by atoms with Gasteiger partial charge in [-0.05, 0) is 43.2 Å². The summed E-state index contributed by atoms with van der Waals surface area (Å²) in [6.07, 6.45) is 0.101. The summed E-state index contributed by atoms with van der Waals surface area (Å²) in [5.41, 5.74) is 1.94. The van der Waals surface area contributed by atoms with Gasteiger partial charge in [-0.25, -0.2) is 4.79 Å². The van der Waals surface area contributed by atoms with Crippen molar-refractivity contribution in [2.45, 2.75) is 20.3 Å². The number of aryl methyl sites for hydroxylation is 2. The highest BCUT2D eigenvalue weighted by atomic mass is 35.5. The van der Waals surface area contributed by atoms with Crippen LogP contribution in [0.5, 0.6) is 0 Å². The summed E-state index contributed by atoms with van der Waals surface area (Å²) in [5, 5.41) is 19.7. The summed E-state index contributed by atoms with van der Waals surface area (Å²) >= 11 is 5.92. The zero-order valence-corrected chi connectivity index (χ0v) is 16.6. The number of non-ortho nitro benzene ring substituents is 1. The molecule has 9 heteroatoms. The fourth-order valence-corrected chi connectivity index (χ4v) is 2.93. The number of anilines is 1. The third-order valence-electron chi connectivity index (χ3n) is 3.97. The molecule has 2 aromatic rings. The van der Waals surface area contributed by atoms with E-state index in [0.717, 1.165) is 23.3 Å². The molecule has 0 spiro atoms. The van der Waals surface area contributed by atoms with E-state index in [2.05, 4.69) is 0 Å². The molecule has 150 valence electrons. The number of nitriles is 1. The van der Waals surface area contributed by atoms with E-state index in [1.165, 1.54) is 11.0 Å². The van der Waals surface area contributed by atoms with E-state index in [-0.39, 0.29) is 29.2 Å². The highest BCUT2D eigenvalue weighted by Gasteiger charge is 2.21. The van der Waals surface area contributed by atoms with Crippen LogP contribution in [0.15, 0.2) is 36.4 Å². The van der Waals surface area contributed by atoms with Crippen LogP contribution in [0.2, 0.25) is 5.02 Å². The number of esters is 1. The van der Waals surface area contributed by atoms with Crippen molar-refractivity contribution in [2.24, 2.45) is 0 Å². The van der Waals surface area contributed by atoms with Gasteiger partial charge in [0.25, 0.3) is 11.6 Å². The number of rotatable bonds is 7. The zero-order chi connectivity index (χ0) is 21.6. The smallest absolute Gasteiger partial charge is 0.340 e. The molecule has 29 heavy (non-hydrogen) atoms. The van der Waals surface area contributed by atoms with Crippen LogP contribution in [0.1, 0.15) is 27.9 Å². The second kappa shape index (κ2) is 9.66. The largest absolute Gasteiger partial charge is 0.452 e. The van der Waals surface area contributed by atoms with E-state index in [1.807, 2.05) is 26.0 Å². The van der Waals surface area contributed by atoms with Crippen LogP contribution in [-0.2, 0) is 9.53 Å². The maximum atomic E-state index is 12.7. The minimum Gasteiger partial charge on any atom is -0.452 e. The van der Waals surface area contributed by atoms with Crippen molar-refractivity contribution in [3.8, 4) is 6.07 Å². The third kappa shape index (κ3) is 5.77. The Balaban J connectivity index is 2.17. The predicted molar refractivity (Wildman–Crippen MR) is 107 cm³/mol. The van der Waals surface area contributed by atoms with E-state index in [9.17, 15) is 19.7 Å². The molecule has 0 atom stereocenters. The minimum absolute atomic E-state index is 0.0244. The number of nitro benzene ring substituents is 1. The Morgan fingerprint density at radius 3 is 2.45 bits per heavy atom. The summed E-state index contributed by atoms with van der Waals surface area (Å²) < 4.78 is 5.03. The summed E-state index contributed by atoms with van der Waals surface area (Å²) in [6, 6.07) is 10.9. The number of nitro groups is 1. The van der Waals surface area contributed by atoms with E-state index in [1.54, 1.807) is 12.1 Å². The Kier molecular flexibility index (Phi) is 7.28. The minimum atomic E-state index is -0.951. The number of nitrogens with zero attached hydrogens (tertiary/aromatic N) is 3. The van der Waals surface area contributed by atoms with Gasteiger partial charge in [0.1, 0.15) is 0 Å². The molecule has 2 aromatic carbocycles. The maximum Gasteiger partial charge on any atom is 0.340 e. The molecule has 0 aromatic heterocycles. The van der Waals surface area contributed by atoms with Gasteiger partial charge in [-0.1, -0.05) is 17.7 Å². The van der Waals surface area contributed by atoms with Crippen LogP contribution in [-0.4, -0.2) is 30.0 Å². The Hall–Kier alpha value is -3.44. The number of carbonyl (C=O) groups excluding carboxylic acids is 2. The average molecular weight is 416 g/mol. The lowest BCUT2D eigenvalue weighted by Gasteiger charge is -2.22. The van der Waals surface area contributed by atoms with Crippen molar-refractivity contribution in [2.75, 3.05) is 18.1 Å². The molecule has 2 rings (SSSR count). The second-order valence-electron chi connectivity index (χ2n) is 6.30. The molecule has 0 fully saturated rings. The van der Waals surface area contributed by atoms with Crippen LogP contribution < -0.4 is 4.90 Å². The van der Waals surface area contributed by atoms with E-state index < -0.39 is 23.4 Å². The number of ether oxygens (including phenoxy) is 1. The topological polar surface area (TPSA) is 114 Å². The van der Waals surface area contributed by atoms with Gasteiger partial charge < -0.3 is 9.64 Å². The molecule has 0 saturated heterocycles. The monoisotopic (exact) mass is 415 g/mol. The molecular formula is C20H18ClN3O5. The number of halogens is 1. The first-order chi connectivity index (χ1) is 13.7. The Bertz CT molecular complexity index is 980. The van der Waals surface area contributed by atoms with Gasteiger partial charge in [0.05, 0.1) is 28.0 Å². The van der Waals surface area contributed by atoms with Gasteiger partial charge >= 0.3 is 5.97 Å². The number of amides is 1. The Morgan fingerprint density at radius 2 is 1.86 bits per heavy atom. The standard InChI is InChI=1S/C20H18ClN3O5/c1-13-8-14(2)10-16(9-13)23(7-3-6-22)19(25)12-29-20(26)17-11-15(24(27)28)4-5-18(17)21/h4-5,8-11H,3,7,12H2,1-2H3. The zero-order valence-electron chi connectivity index (χ0n) is 15.8. The van der Waals surface area contributed by atoms with Gasteiger partial charge in [0.15, 0.2) is 6.61 Å². The van der Waals surface area contributed by atoms with Crippen molar-refractivity contribution in [3.63, 3.8) is 0 Å². The first-order valence-electron chi connectivity index (χ1n) is 8.59. The molecular weight excluding hydrogens is 398 g/mol. The van der Waals surface area contributed by atoms with Crippen LogP contribution in [0.4, 0.5) is 11.4 Å². The molecule has 0 radical (unpaired) electrons. The van der Waals surface area contributed by atoms with Crippen LogP contribution in [0, 0.1) is 35.3 Å². The summed E-state index contributed by atoms with van der Waals surface area (Å²) in [4.78, 5) is 36.5. The molecule has 0 saturated carbocycles. The molecule has 1 amide bonds. The highest BCUT2D eigenvalue weighted by Crippen LogP contribution is 2.23. The quantitative estimate of drug-likeness (QED) is 0.384. The molecule has 0 unspecified atom stereocenters. The van der Waals surface area contributed by atoms with Crippen molar-refractivity contribution < 1.29 is 19.2 Å². The molecule has 8 nitrogen and oxygen atoms in total. The summed E-state index contributed by atoms with van der Waals surface area (Å²) in [6.45, 7) is 3.30. The van der Waals surface area contributed by atoms with Crippen LogP contribution >= 0.6 is 11.6 Å². The molecule has 0 aliphatic carbocycles. The molecule has 0 N–H and O–H groups in total. The third-order valence-corrected chi connectivity index (χ3v) is 4.30. The molecule has 0 heterocycles. The first kappa shape index (κ1) is 21.9. The van der Waals surface area contributed by atoms with Crippen molar-refractivity contribution >= 4 is 34.9 Å². The molecule has 0 aliphatic rings. The number of carbonyl (C=O) groups is 2. The van der Waals surface area contributed by atoms with Gasteiger partial charge in [-0.3, -0.25) is 14.9 Å². The lowest BCUT2D eigenvalue weighted by molar-refractivity contribution is -0.384. The van der Waals surface area contributed by atoms with E-state index >= 15 is 0 Å². The fourth-order valence-electron chi connectivity index (χ4n) is 2.73. The summed E-state index contributed by atoms with van der Waals surface area (Å²) in [7, 11) is 0. The van der Waals surface area contributed by atoms with E-state index in [4.69, 9.17) is 21.6 Å². The number of benzene rings is 2. The highest BCUT2D eigenvalue weighted by molar-refractivity contribution is 6.33. The second-order valence-corrected chi connectivity index (χ2v) is 6.70. The van der Waals surface area contributed by atoms with Gasteiger partial charge in [0.2, 0.25) is 0 Å². The molecule has 0 bridgehead atoms. The SMILES string of the molecule is Cc1cc(C)cc(N(CCC#N)C(=O)COC(=O)c2cc([N+](=O)[O-])ccc2Cl)c1. The van der Waals surface area contributed by atoms with Gasteiger partial charge in [-0.2, -0.15) is 5.26 Å². The van der Waals surface area contributed by atoms with Gasteiger partial charge in [-0.15, -0.1) is 0 Å². The number of hydrogen-bond acceptors (Lipinski definition) is 6. The normalized spacial score (nSPS) is 10.1. The van der Waals surface area contributed by atoms with Crippen LogP contribution in [0.3, 0.4) is 0 Å². The lowest BCUT2D eigenvalue weighted by atomic mass is 10.1. The predicted octanol–water partition coefficient (Wildman–Crippen LogP) is 3.97. The fraction of sp³-hybridized carbons (Fsp3) is 0.250. The molecule has 0 aliphatic heterocycles. The van der Waals surface area contributed by atoms with Crippen molar-refractivity contribution in [1.29, 1.82) is 5.26 Å². The Labute approximate surface area is 172 Å². The van der Waals surface area contributed by atoms with Crippen molar-refractivity contribution in [1.82, 2.24) is 0 Å². The maximum absolute atomic E-state index is 12.7. The van der Waals surface area contributed by atoms with Crippen molar-refractivity contribution in [3.05, 3.63) is 68.2 Å². The van der Waals surface area contributed by atoms with Gasteiger partial charge in [0, 0.05) is 24.4 Å². The Morgan fingerprint density at radius 1 is 1.21 bits per heavy atom. The van der Waals surface area contributed by atoms with Crippen LogP contribution in [0.25, 0.3) is 0 Å². The number of hydrogen-bond donors (Lipinski definition) is 0. The average Bonchev–Trinajstić information content (AvgIpc) is 2.65.